The number of carbonyl (C=O) groups excluding carboxylic acids is 3. The Balaban J connectivity index is 1.56. The van der Waals surface area contributed by atoms with Gasteiger partial charge in [-0.2, -0.15) is 0 Å². The molecule has 29 heavy (non-hydrogen) atoms. The summed E-state index contributed by atoms with van der Waals surface area (Å²) >= 11 is 0. The molecule has 2 aromatic carbocycles. The Morgan fingerprint density at radius 1 is 1.07 bits per heavy atom. The molecule has 9 heteroatoms. The van der Waals surface area contributed by atoms with Gasteiger partial charge in [0, 0.05) is 34.5 Å². The van der Waals surface area contributed by atoms with Crippen LogP contribution in [0.4, 0.5) is 11.4 Å². The lowest BCUT2D eigenvalue weighted by atomic mass is 10.1. The Morgan fingerprint density at radius 2 is 1.79 bits per heavy atom. The van der Waals surface area contributed by atoms with Gasteiger partial charge >= 0.3 is 0 Å². The van der Waals surface area contributed by atoms with E-state index in [2.05, 4.69) is 16.0 Å². The first kappa shape index (κ1) is 20.0. The number of aryl methyl sites for hydroxylation is 1. The summed E-state index contributed by atoms with van der Waals surface area (Å²) in [4.78, 5) is 46.8. The summed E-state index contributed by atoms with van der Waals surface area (Å²) < 4.78 is 0. The zero-order chi connectivity index (χ0) is 21.0. The molecular formula is C20H20N4O5. The van der Waals surface area contributed by atoms with E-state index in [4.69, 9.17) is 0 Å². The van der Waals surface area contributed by atoms with Crippen molar-refractivity contribution in [3.8, 4) is 0 Å². The molecule has 1 aliphatic carbocycles. The van der Waals surface area contributed by atoms with Crippen molar-refractivity contribution in [1.29, 1.82) is 0 Å². The molecule has 3 rings (SSSR count). The van der Waals surface area contributed by atoms with Crippen LogP contribution in [0.25, 0.3) is 0 Å². The van der Waals surface area contributed by atoms with E-state index in [9.17, 15) is 24.5 Å². The molecule has 0 saturated heterocycles. The van der Waals surface area contributed by atoms with Crippen LogP contribution in [0.5, 0.6) is 0 Å². The van der Waals surface area contributed by atoms with Gasteiger partial charge in [0.2, 0.25) is 5.91 Å². The summed E-state index contributed by atoms with van der Waals surface area (Å²) in [5.74, 6) is -1.28. The van der Waals surface area contributed by atoms with Crippen LogP contribution in [-0.2, 0) is 4.79 Å². The highest BCUT2D eigenvalue weighted by atomic mass is 16.6. The Hall–Kier alpha value is -3.75. The van der Waals surface area contributed by atoms with Crippen molar-refractivity contribution in [3.63, 3.8) is 0 Å². The summed E-state index contributed by atoms with van der Waals surface area (Å²) in [6, 6.07) is 10.8. The van der Waals surface area contributed by atoms with Crippen molar-refractivity contribution in [1.82, 2.24) is 10.6 Å². The van der Waals surface area contributed by atoms with E-state index in [1.807, 2.05) is 0 Å². The molecule has 2 aromatic rings. The predicted octanol–water partition coefficient (Wildman–Crippen LogP) is 2.16. The molecule has 0 unspecified atom stereocenters. The van der Waals surface area contributed by atoms with Gasteiger partial charge in [0.05, 0.1) is 11.5 Å². The van der Waals surface area contributed by atoms with Crippen LogP contribution in [0.15, 0.2) is 42.5 Å². The molecule has 0 bridgehead atoms. The molecule has 0 heterocycles. The van der Waals surface area contributed by atoms with Crippen molar-refractivity contribution in [2.75, 3.05) is 11.9 Å². The maximum absolute atomic E-state index is 12.2. The molecule has 1 aliphatic rings. The zero-order valence-corrected chi connectivity index (χ0v) is 15.7. The second-order valence-corrected chi connectivity index (χ2v) is 6.82. The van der Waals surface area contributed by atoms with Crippen LogP contribution in [0.1, 0.15) is 39.1 Å². The third kappa shape index (κ3) is 5.38. The number of hydrogen-bond donors (Lipinski definition) is 3. The first-order valence-electron chi connectivity index (χ1n) is 9.07. The van der Waals surface area contributed by atoms with Crippen LogP contribution in [-0.4, -0.2) is 35.2 Å². The van der Waals surface area contributed by atoms with E-state index in [-0.39, 0.29) is 29.7 Å². The fourth-order valence-electron chi connectivity index (χ4n) is 2.65. The fourth-order valence-corrected chi connectivity index (χ4v) is 2.65. The molecule has 1 fully saturated rings. The third-order valence-corrected chi connectivity index (χ3v) is 4.40. The Bertz CT molecular complexity index is 985. The summed E-state index contributed by atoms with van der Waals surface area (Å²) in [6.45, 7) is 1.26. The normalized spacial score (nSPS) is 12.7. The maximum atomic E-state index is 12.2. The molecule has 0 aromatic heterocycles. The molecule has 9 nitrogen and oxygen atoms in total. The Kier molecular flexibility index (Phi) is 5.87. The van der Waals surface area contributed by atoms with Gasteiger partial charge in [-0.15, -0.1) is 0 Å². The Labute approximate surface area is 166 Å². The molecule has 3 N–H and O–H groups in total. The molecule has 150 valence electrons. The lowest BCUT2D eigenvalue weighted by Gasteiger charge is -2.09. The molecular weight excluding hydrogens is 376 g/mol. The molecule has 3 amide bonds. The van der Waals surface area contributed by atoms with Crippen LogP contribution >= 0.6 is 0 Å². The molecule has 0 spiro atoms. The van der Waals surface area contributed by atoms with Gasteiger partial charge in [0.25, 0.3) is 17.5 Å². The predicted molar refractivity (Wildman–Crippen MR) is 106 cm³/mol. The van der Waals surface area contributed by atoms with Gasteiger partial charge in [-0.3, -0.25) is 24.5 Å². The van der Waals surface area contributed by atoms with E-state index in [1.165, 1.54) is 18.2 Å². The van der Waals surface area contributed by atoms with Crippen LogP contribution in [0.2, 0.25) is 0 Å². The zero-order valence-electron chi connectivity index (χ0n) is 15.7. The number of hydrogen-bond acceptors (Lipinski definition) is 5. The van der Waals surface area contributed by atoms with Crippen LogP contribution < -0.4 is 16.0 Å². The monoisotopic (exact) mass is 396 g/mol. The first-order chi connectivity index (χ1) is 13.8. The van der Waals surface area contributed by atoms with Gasteiger partial charge in [-0.05, 0) is 44.0 Å². The average molecular weight is 396 g/mol. The number of benzene rings is 2. The number of rotatable bonds is 7. The van der Waals surface area contributed by atoms with E-state index < -0.39 is 16.7 Å². The number of carbonyl (C=O) groups is 3. The lowest BCUT2D eigenvalue weighted by molar-refractivity contribution is -0.385. The first-order valence-corrected chi connectivity index (χ1v) is 9.07. The molecule has 0 radical (unpaired) electrons. The van der Waals surface area contributed by atoms with Gasteiger partial charge in [0.1, 0.15) is 0 Å². The number of nitro benzene ring substituents is 1. The van der Waals surface area contributed by atoms with E-state index in [1.54, 1.807) is 31.2 Å². The largest absolute Gasteiger partial charge is 0.349 e. The third-order valence-electron chi connectivity index (χ3n) is 4.40. The number of nitro groups is 1. The number of amides is 3. The van der Waals surface area contributed by atoms with Crippen LogP contribution in [0, 0.1) is 17.0 Å². The summed E-state index contributed by atoms with van der Waals surface area (Å²) in [5, 5.41) is 18.9. The van der Waals surface area contributed by atoms with E-state index >= 15 is 0 Å². The van der Waals surface area contributed by atoms with Crippen molar-refractivity contribution in [3.05, 3.63) is 69.3 Å². The van der Waals surface area contributed by atoms with Gasteiger partial charge in [0.15, 0.2) is 0 Å². The molecule has 0 atom stereocenters. The minimum absolute atomic E-state index is 0.0915. The summed E-state index contributed by atoms with van der Waals surface area (Å²) in [6.07, 6.45) is 1.96. The molecule has 1 saturated carbocycles. The van der Waals surface area contributed by atoms with Crippen molar-refractivity contribution < 1.29 is 19.3 Å². The molecule has 0 aliphatic heterocycles. The van der Waals surface area contributed by atoms with Gasteiger partial charge < -0.3 is 16.0 Å². The fraction of sp³-hybridized carbons (Fsp3) is 0.250. The van der Waals surface area contributed by atoms with Gasteiger partial charge in [-0.25, -0.2) is 0 Å². The van der Waals surface area contributed by atoms with Gasteiger partial charge in [-0.1, -0.05) is 12.1 Å². The van der Waals surface area contributed by atoms with Crippen LogP contribution in [0.3, 0.4) is 0 Å². The standard InChI is InChI=1S/C20H20N4O5/c1-12-5-6-14(10-17(12)24(28)29)19(26)21-11-18(25)22-16-4-2-3-13(9-16)20(27)23-15-7-8-15/h2-6,9-10,15H,7-8,11H2,1H3,(H,21,26)(H,22,25)(H,23,27). The Morgan fingerprint density at radius 3 is 2.48 bits per heavy atom. The highest BCUT2D eigenvalue weighted by Gasteiger charge is 2.23. The number of anilines is 1. The average Bonchev–Trinajstić information content (AvgIpc) is 3.50. The van der Waals surface area contributed by atoms with Crippen molar-refractivity contribution in [2.24, 2.45) is 0 Å². The minimum Gasteiger partial charge on any atom is -0.349 e. The smallest absolute Gasteiger partial charge is 0.273 e. The number of nitrogens with one attached hydrogen (secondary N) is 3. The number of nitrogens with zero attached hydrogens (tertiary/aromatic N) is 1. The second-order valence-electron chi connectivity index (χ2n) is 6.82. The van der Waals surface area contributed by atoms with E-state index in [0.29, 0.717) is 16.8 Å². The van der Waals surface area contributed by atoms with Crippen molar-refractivity contribution in [2.45, 2.75) is 25.8 Å². The summed E-state index contributed by atoms with van der Waals surface area (Å²) in [5.41, 5.74) is 1.23. The topological polar surface area (TPSA) is 130 Å². The summed E-state index contributed by atoms with van der Waals surface area (Å²) in [7, 11) is 0. The SMILES string of the molecule is Cc1ccc(C(=O)NCC(=O)Nc2cccc(C(=O)NC3CC3)c2)cc1[N+](=O)[O-]. The highest BCUT2D eigenvalue weighted by Crippen LogP contribution is 2.20. The van der Waals surface area contributed by atoms with E-state index in [0.717, 1.165) is 12.8 Å². The second kappa shape index (κ2) is 8.51. The maximum Gasteiger partial charge on any atom is 0.273 e. The quantitative estimate of drug-likeness (QED) is 0.488. The minimum atomic E-state index is -0.596. The lowest BCUT2D eigenvalue weighted by Crippen LogP contribution is -2.33. The van der Waals surface area contributed by atoms with Crippen molar-refractivity contribution >= 4 is 29.1 Å². The highest BCUT2D eigenvalue weighted by molar-refractivity contribution is 6.00.